The lowest BCUT2D eigenvalue weighted by molar-refractivity contribution is -0.159. The maximum absolute atomic E-state index is 12.5. The number of benzene rings is 3. The summed E-state index contributed by atoms with van der Waals surface area (Å²) in [5.74, 6) is 2.94. The number of ether oxygens (including phenoxy) is 2. The minimum Gasteiger partial charge on any atom is -0.482 e. The molecule has 1 saturated heterocycles. The van der Waals surface area contributed by atoms with Gasteiger partial charge in [-0.1, -0.05) is 42.5 Å². The van der Waals surface area contributed by atoms with Crippen molar-refractivity contribution in [3.05, 3.63) is 72.3 Å². The fourth-order valence-electron chi connectivity index (χ4n) is 3.88. The molecule has 1 heterocycles. The summed E-state index contributed by atoms with van der Waals surface area (Å²) in [6.07, 6.45) is 2.67. The molecular formula is C25H27O3S+. The monoisotopic (exact) mass is 407 g/mol. The van der Waals surface area contributed by atoms with Gasteiger partial charge in [-0.05, 0) is 61.7 Å². The molecule has 4 heteroatoms. The van der Waals surface area contributed by atoms with Crippen molar-refractivity contribution in [2.45, 2.75) is 37.2 Å². The zero-order chi connectivity index (χ0) is 20.3. The minimum atomic E-state index is -0.741. The van der Waals surface area contributed by atoms with Gasteiger partial charge in [0.05, 0.1) is 0 Å². The molecule has 1 aliphatic rings. The highest BCUT2D eigenvalue weighted by Gasteiger charge is 2.28. The van der Waals surface area contributed by atoms with Gasteiger partial charge in [-0.25, -0.2) is 4.79 Å². The van der Waals surface area contributed by atoms with Crippen LogP contribution < -0.4 is 4.74 Å². The highest BCUT2D eigenvalue weighted by Crippen LogP contribution is 2.31. The van der Waals surface area contributed by atoms with Gasteiger partial charge in [-0.15, -0.1) is 0 Å². The molecule has 3 aromatic rings. The molecule has 1 aliphatic heterocycles. The predicted octanol–water partition coefficient (Wildman–Crippen LogP) is 5.47. The van der Waals surface area contributed by atoms with Gasteiger partial charge in [0.15, 0.2) is 11.5 Å². The van der Waals surface area contributed by atoms with Crippen LogP contribution >= 0.6 is 0 Å². The number of hydrogen-bond acceptors (Lipinski definition) is 3. The normalized spacial score (nSPS) is 14.8. The standard InChI is InChI=1S/C25H27O3S/c1-25(2,23-11-7-9-19-8-3-4-10-22(19)23)28-24(26)18-27-20-12-14-21(15-13-20)29-16-5-6-17-29/h3-4,7-15H,5-6,16-18H2,1-2H3/q+1. The van der Waals surface area contributed by atoms with Crippen LogP contribution in [0.25, 0.3) is 10.8 Å². The molecule has 0 bridgehead atoms. The van der Waals surface area contributed by atoms with E-state index in [4.69, 9.17) is 9.47 Å². The maximum atomic E-state index is 12.5. The largest absolute Gasteiger partial charge is 0.482 e. The molecule has 3 nitrogen and oxygen atoms in total. The molecule has 0 atom stereocenters. The molecule has 4 rings (SSSR count). The van der Waals surface area contributed by atoms with Gasteiger partial charge in [0.25, 0.3) is 0 Å². The van der Waals surface area contributed by atoms with Gasteiger partial charge in [-0.3, -0.25) is 0 Å². The van der Waals surface area contributed by atoms with Gasteiger partial charge < -0.3 is 9.47 Å². The van der Waals surface area contributed by atoms with Gasteiger partial charge >= 0.3 is 5.97 Å². The lowest BCUT2D eigenvalue weighted by Gasteiger charge is -2.27. The predicted molar refractivity (Wildman–Crippen MR) is 120 cm³/mol. The first-order valence-corrected chi connectivity index (χ1v) is 11.7. The van der Waals surface area contributed by atoms with E-state index in [0.717, 1.165) is 16.3 Å². The molecule has 0 aromatic heterocycles. The van der Waals surface area contributed by atoms with Crippen LogP contribution in [0.4, 0.5) is 0 Å². The first-order chi connectivity index (χ1) is 14.0. The summed E-state index contributed by atoms with van der Waals surface area (Å²) in [6.45, 7) is 3.74. The first-order valence-electron chi connectivity index (χ1n) is 10.1. The number of carbonyl (C=O) groups is 1. The van der Waals surface area contributed by atoms with E-state index in [9.17, 15) is 4.79 Å². The summed E-state index contributed by atoms with van der Waals surface area (Å²) in [6, 6.07) is 22.4. The Kier molecular flexibility index (Phi) is 5.81. The van der Waals surface area contributed by atoms with Crippen molar-refractivity contribution >= 4 is 27.6 Å². The molecule has 0 saturated carbocycles. The van der Waals surface area contributed by atoms with Gasteiger partial charge in [0.1, 0.15) is 22.9 Å². The number of esters is 1. The lowest BCUT2D eigenvalue weighted by Crippen LogP contribution is -2.28. The van der Waals surface area contributed by atoms with Gasteiger partial charge in [0.2, 0.25) is 0 Å². The highest BCUT2D eigenvalue weighted by molar-refractivity contribution is 7.97. The minimum absolute atomic E-state index is 0.0980. The maximum Gasteiger partial charge on any atom is 0.345 e. The van der Waals surface area contributed by atoms with Crippen molar-refractivity contribution in [2.24, 2.45) is 0 Å². The van der Waals surface area contributed by atoms with Crippen LogP contribution in [0.5, 0.6) is 5.75 Å². The fraction of sp³-hybridized carbons (Fsp3) is 0.320. The number of rotatable bonds is 6. The Balaban J connectivity index is 1.38. The third-order valence-electron chi connectivity index (χ3n) is 5.35. The van der Waals surface area contributed by atoms with Crippen LogP contribution in [-0.4, -0.2) is 24.1 Å². The van der Waals surface area contributed by atoms with Crippen LogP contribution in [0.3, 0.4) is 0 Å². The van der Waals surface area contributed by atoms with Crippen LogP contribution in [0, 0.1) is 0 Å². The quantitative estimate of drug-likeness (QED) is 0.402. The molecule has 1 fully saturated rings. The van der Waals surface area contributed by atoms with E-state index in [2.05, 4.69) is 30.3 Å². The second-order valence-corrected chi connectivity index (χ2v) is 10.2. The van der Waals surface area contributed by atoms with Crippen LogP contribution in [0.1, 0.15) is 32.3 Å². The van der Waals surface area contributed by atoms with Crippen molar-refractivity contribution < 1.29 is 14.3 Å². The Hall–Kier alpha value is -2.46. The average molecular weight is 408 g/mol. The summed E-state index contributed by atoms with van der Waals surface area (Å²) >= 11 is 0. The molecule has 0 amide bonds. The second kappa shape index (κ2) is 8.50. The molecule has 150 valence electrons. The Morgan fingerprint density at radius 1 is 0.931 bits per heavy atom. The molecule has 0 N–H and O–H groups in total. The van der Waals surface area contributed by atoms with Crippen LogP contribution in [0.2, 0.25) is 0 Å². The molecule has 0 unspecified atom stereocenters. The summed E-state index contributed by atoms with van der Waals surface area (Å²) in [5, 5.41) is 2.23. The Bertz CT molecular complexity index is 983. The first kappa shape index (κ1) is 19.8. The Morgan fingerprint density at radius 3 is 2.38 bits per heavy atom. The smallest absolute Gasteiger partial charge is 0.345 e. The second-order valence-electron chi connectivity index (χ2n) is 7.88. The highest BCUT2D eigenvalue weighted by atomic mass is 32.2. The van der Waals surface area contributed by atoms with Crippen LogP contribution in [-0.2, 0) is 26.0 Å². The van der Waals surface area contributed by atoms with Gasteiger partial charge in [-0.2, -0.15) is 0 Å². The van der Waals surface area contributed by atoms with Crippen molar-refractivity contribution in [3.8, 4) is 5.75 Å². The summed E-state index contributed by atoms with van der Waals surface area (Å²) in [5.41, 5.74) is 0.250. The number of hydrogen-bond donors (Lipinski definition) is 0. The summed E-state index contributed by atoms with van der Waals surface area (Å²) in [7, 11) is 0.395. The average Bonchev–Trinajstić information content (AvgIpc) is 3.27. The van der Waals surface area contributed by atoms with E-state index in [1.807, 2.05) is 50.2 Å². The summed E-state index contributed by atoms with van der Waals surface area (Å²) in [4.78, 5) is 13.9. The van der Waals surface area contributed by atoms with Crippen LogP contribution in [0.15, 0.2) is 71.6 Å². The molecule has 0 spiro atoms. The summed E-state index contributed by atoms with van der Waals surface area (Å²) < 4.78 is 11.5. The van der Waals surface area contributed by atoms with E-state index < -0.39 is 5.60 Å². The van der Waals surface area contributed by atoms with E-state index in [0.29, 0.717) is 16.6 Å². The topological polar surface area (TPSA) is 35.5 Å². The fourth-order valence-corrected chi connectivity index (χ4v) is 6.18. The molecule has 0 aliphatic carbocycles. The number of fused-ring (bicyclic) bond motifs is 1. The third kappa shape index (κ3) is 4.59. The SMILES string of the molecule is CC(C)(OC(=O)COc1ccc([S+]2CCCC2)cc1)c1cccc2ccccc12. The molecular weight excluding hydrogens is 380 g/mol. The van der Waals surface area contributed by atoms with Crippen molar-refractivity contribution in [1.29, 1.82) is 0 Å². The van der Waals surface area contributed by atoms with Crippen molar-refractivity contribution in [3.63, 3.8) is 0 Å². The van der Waals surface area contributed by atoms with Gasteiger partial charge in [0, 0.05) is 16.5 Å². The van der Waals surface area contributed by atoms with E-state index in [-0.39, 0.29) is 12.6 Å². The molecule has 29 heavy (non-hydrogen) atoms. The Labute approximate surface area is 175 Å². The van der Waals surface area contributed by atoms with Crippen molar-refractivity contribution in [1.82, 2.24) is 0 Å². The number of carbonyl (C=O) groups excluding carboxylic acids is 1. The zero-order valence-corrected chi connectivity index (χ0v) is 17.8. The lowest BCUT2D eigenvalue weighted by atomic mass is 9.92. The zero-order valence-electron chi connectivity index (χ0n) is 17.0. The Morgan fingerprint density at radius 2 is 1.62 bits per heavy atom. The molecule has 0 radical (unpaired) electrons. The van der Waals surface area contributed by atoms with E-state index in [1.54, 1.807) is 0 Å². The third-order valence-corrected chi connectivity index (χ3v) is 7.85. The van der Waals surface area contributed by atoms with Crippen molar-refractivity contribution in [2.75, 3.05) is 18.1 Å². The van der Waals surface area contributed by atoms with E-state index >= 15 is 0 Å². The molecule has 3 aromatic carbocycles. The van der Waals surface area contributed by atoms with E-state index in [1.165, 1.54) is 29.2 Å².